The average Bonchev–Trinajstić information content (AvgIpc) is 3.29. The van der Waals surface area contributed by atoms with Crippen molar-refractivity contribution in [3.05, 3.63) is 61.0 Å². The minimum absolute atomic E-state index is 0.0631. The summed E-state index contributed by atoms with van der Waals surface area (Å²) in [6.07, 6.45) is 13.4. The Morgan fingerprint density at radius 2 is 1.24 bits per heavy atom. The Kier molecular flexibility index (Phi) is 4.46. The number of aromatic nitrogens is 6. The molecule has 0 unspecified atom stereocenters. The first kappa shape index (κ1) is 16.2. The molecule has 0 bridgehead atoms. The smallest absolute Gasteiger partial charge is 0.360 e. The summed E-state index contributed by atoms with van der Waals surface area (Å²) in [6, 6.07) is 0. The highest BCUT2D eigenvalue weighted by molar-refractivity contribution is 5.97. The predicted octanol–water partition coefficient (Wildman–Crippen LogP) is 1.45. The fraction of sp³-hybridized carbons (Fsp3) is 0.125. The maximum Gasteiger partial charge on any atom is 0.360 e. The van der Waals surface area contributed by atoms with Crippen LogP contribution in [0, 0.1) is 0 Å². The molecular formula is C16H14N6O3. The Hall–Kier alpha value is -3.62. The van der Waals surface area contributed by atoms with E-state index in [0.29, 0.717) is 17.0 Å². The number of nitrogens with zero attached hydrogens (tertiary/aromatic N) is 6. The van der Waals surface area contributed by atoms with E-state index in [-0.39, 0.29) is 11.5 Å². The highest BCUT2D eigenvalue weighted by atomic mass is 16.5. The summed E-state index contributed by atoms with van der Waals surface area (Å²) < 4.78 is 8.03. The average molecular weight is 338 g/mol. The number of carbonyl (C=O) groups excluding carboxylic acids is 2. The molecule has 4 rings (SSSR count). The highest BCUT2D eigenvalue weighted by Gasteiger charge is 2.12. The Labute approximate surface area is 142 Å². The molecule has 0 fully saturated rings. The van der Waals surface area contributed by atoms with Crippen molar-refractivity contribution >= 4 is 23.0 Å². The number of rotatable bonds is 2. The van der Waals surface area contributed by atoms with Gasteiger partial charge in [0.2, 0.25) is 0 Å². The topological polar surface area (TPSA) is 104 Å². The van der Waals surface area contributed by atoms with Crippen LogP contribution < -0.4 is 0 Å². The van der Waals surface area contributed by atoms with Gasteiger partial charge in [-0.25, -0.2) is 24.7 Å². The quantitative estimate of drug-likeness (QED) is 0.402. The third-order valence-electron chi connectivity index (χ3n) is 3.33. The number of esters is 1. The number of ketones is 1. The van der Waals surface area contributed by atoms with Gasteiger partial charge < -0.3 is 13.5 Å². The largest absolute Gasteiger partial charge is 0.464 e. The van der Waals surface area contributed by atoms with Gasteiger partial charge >= 0.3 is 5.97 Å². The van der Waals surface area contributed by atoms with Crippen LogP contribution in [0.2, 0.25) is 0 Å². The van der Waals surface area contributed by atoms with Crippen molar-refractivity contribution in [2.24, 2.45) is 0 Å². The minimum Gasteiger partial charge on any atom is -0.464 e. The summed E-state index contributed by atoms with van der Waals surface area (Å²) in [5, 5.41) is 0. The summed E-state index contributed by atoms with van der Waals surface area (Å²) in [4.78, 5) is 38.1. The number of Topliss-reactive ketones (excluding diaryl/α,β-unsaturated/α-hetero) is 1. The van der Waals surface area contributed by atoms with Crippen LogP contribution in [0.1, 0.15) is 27.9 Å². The second-order valence-electron chi connectivity index (χ2n) is 4.92. The molecule has 0 amide bonds. The number of fused-ring (bicyclic) bond motifs is 2. The Morgan fingerprint density at radius 3 is 1.72 bits per heavy atom. The highest BCUT2D eigenvalue weighted by Crippen LogP contribution is 2.06. The molecule has 0 aromatic carbocycles. The molecule has 25 heavy (non-hydrogen) atoms. The lowest BCUT2D eigenvalue weighted by Gasteiger charge is -1.99. The second-order valence-corrected chi connectivity index (χ2v) is 4.92. The summed E-state index contributed by atoms with van der Waals surface area (Å²) >= 11 is 0. The first-order valence-electron chi connectivity index (χ1n) is 7.26. The van der Waals surface area contributed by atoms with Gasteiger partial charge in [0.25, 0.3) is 0 Å². The van der Waals surface area contributed by atoms with Crippen LogP contribution in [0.4, 0.5) is 0 Å². The maximum absolute atomic E-state index is 11.2. The Morgan fingerprint density at radius 1 is 0.800 bits per heavy atom. The van der Waals surface area contributed by atoms with E-state index in [9.17, 15) is 9.59 Å². The number of hydrogen-bond donors (Lipinski definition) is 0. The molecule has 0 saturated carbocycles. The van der Waals surface area contributed by atoms with Gasteiger partial charge in [0, 0.05) is 56.5 Å². The molecule has 0 aliphatic rings. The van der Waals surface area contributed by atoms with Crippen molar-refractivity contribution in [3.8, 4) is 0 Å². The Bertz CT molecular complexity index is 1050. The summed E-state index contributed by atoms with van der Waals surface area (Å²) in [6.45, 7) is 1.48. The molecule has 4 aromatic rings. The molecule has 9 nitrogen and oxygen atoms in total. The molecule has 4 aromatic heterocycles. The lowest BCUT2D eigenvalue weighted by Crippen LogP contribution is -2.06. The van der Waals surface area contributed by atoms with Crippen molar-refractivity contribution in [1.29, 1.82) is 0 Å². The molecule has 9 heteroatoms. The SMILES string of the molecule is CC(=O)c1nccn2ccnc12.COC(=O)c1nccn2ccnc12. The van der Waals surface area contributed by atoms with Crippen LogP contribution >= 0.6 is 0 Å². The lowest BCUT2D eigenvalue weighted by atomic mass is 10.3. The first-order valence-corrected chi connectivity index (χ1v) is 7.26. The van der Waals surface area contributed by atoms with Crippen molar-refractivity contribution in [3.63, 3.8) is 0 Å². The zero-order valence-electron chi connectivity index (χ0n) is 13.5. The van der Waals surface area contributed by atoms with Gasteiger partial charge in [0.05, 0.1) is 7.11 Å². The molecule has 4 heterocycles. The number of imidazole rings is 2. The minimum atomic E-state index is -0.475. The molecule has 126 valence electrons. The fourth-order valence-electron chi connectivity index (χ4n) is 2.20. The molecule has 0 spiro atoms. The van der Waals surface area contributed by atoms with Crippen molar-refractivity contribution in [1.82, 2.24) is 28.7 Å². The molecule has 0 atom stereocenters. The number of ether oxygens (including phenoxy) is 1. The maximum atomic E-state index is 11.2. The van der Waals surface area contributed by atoms with E-state index in [0.717, 1.165) is 0 Å². The summed E-state index contributed by atoms with van der Waals surface area (Å²) in [5.41, 5.74) is 1.77. The van der Waals surface area contributed by atoms with Gasteiger partial charge in [-0.1, -0.05) is 0 Å². The zero-order valence-corrected chi connectivity index (χ0v) is 13.5. The van der Waals surface area contributed by atoms with Crippen LogP contribution in [-0.4, -0.2) is 47.6 Å². The van der Waals surface area contributed by atoms with Gasteiger partial charge in [-0.2, -0.15) is 0 Å². The predicted molar refractivity (Wildman–Crippen MR) is 87.3 cm³/mol. The summed E-state index contributed by atoms with van der Waals surface area (Å²) in [5.74, 6) is -0.538. The van der Waals surface area contributed by atoms with E-state index in [4.69, 9.17) is 0 Å². The number of methoxy groups -OCH3 is 1. The molecular weight excluding hydrogens is 324 g/mol. The third-order valence-corrected chi connectivity index (χ3v) is 3.33. The van der Waals surface area contributed by atoms with E-state index in [1.807, 2.05) is 0 Å². The fourth-order valence-corrected chi connectivity index (χ4v) is 2.20. The van der Waals surface area contributed by atoms with Crippen molar-refractivity contribution in [2.75, 3.05) is 7.11 Å². The van der Waals surface area contributed by atoms with Crippen LogP contribution in [0.25, 0.3) is 11.3 Å². The molecule has 0 radical (unpaired) electrons. The van der Waals surface area contributed by atoms with Gasteiger partial charge in [-0.15, -0.1) is 0 Å². The number of hydrogen-bond acceptors (Lipinski definition) is 7. The molecule has 0 saturated heterocycles. The third kappa shape index (κ3) is 3.20. The molecule has 0 aliphatic carbocycles. The monoisotopic (exact) mass is 338 g/mol. The van der Waals surface area contributed by atoms with Crippen LogP contribution in [0.15, 0.2) is 49.6 Å². The zero-order chi connectivity index (χ0) is 17.8. The number of carbonyl (C=O) groups is 2. The summed E-state index contributed by atoms with van der Waals surface area (Å²) in [7, 11) is 1.32. The van der Waals surface area contributed by atoms with E-state index in [2.05, 4.69) is 24.7 Å². The second kappa shape index (κ2) is 6.87. The van der Waals surface area contributed by atoms with E-state index >= 15 is 0 Å². The normalized spacial score (nSPS) is 10.3. The molecule has 0 N–H and O–H groups in total. The first-order chi connectivity index (χ1) is 12.1. The van der Waals surface area contributed by atoms with E-state index < -0.39 is 5.97 Å². The lowest BCUT2D eigenvalue weighted by molar-refractivity contribution is 0.0595. The van der Waals surface area contributed by atoms with Crippen LogP contribution in [0.5, 0.6) is 0 Å². The van der Waals surface area contributed by atoms with Gasteiger partial charge in [0.1, 0.15) is 5.69 Å². The van der Waals surface area contributed by atoms with Crippen molar-refractivity contribution < 1.29 is 14.3 Å². The molecule has 0 aliphatic heterocycles. The van der Waals surface area contributed by atoms with Gasteiger partial charge in [-0.05, 0) is 0 Å². The van der Waals surface area contributed by atoms with Crippen LogP contribution in [0.3, 0.4) is 0 Å². The van der Waals surface area contributed by atoms with Gasteiger partial charge in [-0.3, -0.25) is 4.79 Å². The Balaban J connectivity index is 0.000000146. The van der Waals surface area contributed by atoms with Crippen LogP contribution in [-0.2, 0) is 4.74 Å². The van der Waals surface area contributed by atoms with E-state index in [1.165, 1.54) is 20.2 Å². The van der Waals surface area contributed by atoms with Gasteiger partial charge in [0.15, 0.2) is 22.8 Å². The standard InChI is InChI=1S/C8H7N3O2.C8H7N3O/c1-13-8(12)6-7-10-3-5-11(7)4-2-9-6;1-6(12)7-8-10-3-5-11(8)4-2-9-7/h2-5H,1H3;2-5H,1H3. The van der Waals surface area contributed by atoms with Crippen molar-refractivity contribution in [2.45, 2.75) is 6.92 Å². The van der Waals surface area contributed by atoms with E-state index in [1.54, 1.807) is 52.2 Å².